The Bertz CT molecular complexity index is 533. The third-order valence-corrected chi connectivity index (χ3v) is 5.56. The first-order valence-electron chi connectivity index (χ1n) is 9.87. The molecule has 2 aliphatic rings. The Morgan fingerprint density at radius 3 is 2.41 bits per heavy atom. The summed E-state index contributed by atoms with van der Waals surface area (Å²) < 4.78 is 10.6. The normalized spacial score (nSPS) is 25.4. The number of nitrogens with zero attached hydrogens (tertiary/aromatic N) is 1. The SMILES string of the molecule is CC(C)C(C)CC[C@H](NC(=O)N1CCOCC1)C(=O)N[C@@H]1C(=O)CO[C@H]1C. The number of hydrogen-bond donors (Lipinski definition) is 2. The molecule has 0 aliphatic carbocycles. The van der Waals surface area contributed by atoms with Gasteiger partial charge in [0.2, 0.25) is 5.91 Å². The largest absolute Gasteiger partial charge is 0.378 e. The van der Waals surface area contributed by atoms with Gasteiger partial charge in [0.15, 0.2) is 5.78 Å². The summed E-state index contributed by atoms with van der Waals surface area (Å²) in [5, 5.41) is 5.62. The van der Waals surface area contributed by atoms with Crippen LogP contribution in [-0.2, 0) is 19.1 Å². The molecule has 2 rings (SSSR count). The molecule has 0 aromatic heterocycles. The van der Waals surface area contributed by atoms with Crippen LogP contribution >= 0.6 is 0 Å². The lowest BCUT2D eigenvalue weighted by Gasteiger charge is -2.30. The van der Waals surface area contributed by atoms with Crippen LogP contribution in [0.15, 0.2) is 0 Å². The molecule has 3 amide bonds. The third kappa shape index (κ3) is 6.17. The molecule has 8 heteroatoms. The van der Waals surface area contributed by atoms with Gasteiger partial charge in [0.1, 0.15) is 18.7 Å². The Kier molecular flexibility index (Phi) is 8.04. The highest BCUT2D eigenvalue weighted by atomic mass is 16.5. The molecule has 2 heterocycles. The maximum absolute atomic E-state index is 12.8. The number of Topliss-reactive ketones (excluding diaryl/α,β-unsaturated/α-hetero) is 1. The Morgan fingerprint density at radius 1 is 1.19 bits per heavy atom. The molecule has 27 heavy (non-hydrogen) atoms. The van der Waals surface area contributed by atoms with E-state index in [1.165, 1.54) is 0 Å². The lowest BCUT2D eigenvalue weighted by atomic mass is 9.91. The van der Waals surface area contributed by atoms with Gasteiger partial charge in [-0.3, -0.25) is 9.59 Å². The van der Waals surface area contributed by atoms with E-state index in [1.54, 1.807) is 11.8 Å². The molecular formula is C19H33N3O5. The minimum Gasteiger partial charge on any atom is -0.378 e. The number of ketones is 1. The zero-order valence-electron chi connectivity index (χ0n) is 16.8. The number of rotatable bonds is 7. The quantitative estimate of drug-likeness (QED) is 0.682. The highest BCUT2D eigenvalue weighted by molar-refractivity contribution is 5.94. The van der Waals surface area contributed by atoms with Gasteiger partial charge in [-0.05, 0) is 31.6 Å². The second kappa shape index (κ2) is 10.0. The van der Waals surface area contributed by atoms with Crippen LogP contribution in [-0.4, -0.2) is 73.7 Å². The first-order chi connectivity index (χ1) is 12.8. The second-order valence-corrected chi connectivity index (χ2v) is 7.87. The van der Waals surface area contributed by atoms with Gasteiger partial charge in [0, 0.05) is 13.1 Å². The fraction of sp³-hybridized carbons (Fsp3) is 0.842. The molecular weight excluding hydrogens is 350 g/mol. The van der Waals surface area contributed by atoms with Crippen LogP contribution < -0.4 is 10.6 Å². The van der Waals surface area contributed by atoms with Crippen molar-refractivity contribution in [3.8, 4) is 0 Å². The molecule has 4 atom stereocenters. The highest BCUT2D eigenvalue weighted by Gasteiger charge is 2.36. The van der Waals surface area contributed by atoms with E-state index in [0.717, 1.165) is 6.42 Å². The predicted molar refractivity (Wildman–Crippen MR) is 100 cm³/mol. The fourth-order valence-electron chi connectivity index (χ4n) is 3.15. The van der Waals surface area contributed by atoms with Crippen molar-refractivity contribution < 1.29 is 23.9 Å². The summed E-state index contributed by atoms with van der Waals surface area (Å²) in [6.07, 6.45) is 0.980. The second-order valence-electron chi connectivity index (χ2n) is 7.87. The van der Waals surface area contributed by atoms with Crippen LogP contribution in [0.3, 0.4) is 0 Å². The molecule has 2 N–H and O–H groups in total. The predicted octanol–water partition coefficient (Wildman–Crippen LogP) is 0.942. The minimum absolute atomic E-state index is 0.0152. The first-order valence-corrected chi connectivity index (χ1v) is 9.87. The number of carbonyl (C=O) groups excluding carboxylic acids is 3. The van der Waals surface area contributed by atoms with Crippen molar-refractivity contribution in [2.45, 2.75) is 58.7 Å². The van der Waals surface area contributed by atoms with Crippen LogP contribution in [0.4, 0.5) is 4.79 Å². The van der Waals surface area contributed by atoms with E-state index in [1.807, 2.05) is 0 Å². The van der Waals surface area contributed by atoms with E-state index < -0.39 is 12.1 Å². The Labute approximate surface area is 161 Å². The molecule has 2 aliphatic heterocycles. The maximum Gasteiger partial charge on any atom is 0.318 e. The van der Waals surface area contributed by atoms with Gasteiger partial charge in [0.05, 0.1) is 19.3 Å². The molecule has 1 unspecified atom stereocenters. The number of nitrogens with one attached hydrogen (secondary N) is 2. The van der Waals surface area contributed by atoms with Gasteiger partial charge in [-0.1, -0.05) is 20.8 Å². The highest BCUT2D eigenvalue weighted by Crippen LogP contribution is 2.18. The third-order valence-electron chi connectivity index (χ3n) is 5.56. The van der Waals surface area contributed by atoms with E-state index in [4.69, 9.17) is 9.47 Å². The van der Waals surface area contributed by atoms with E-state index in [0.29, 0.717) is 44.6 Å². The Morgan fingerprint density at radius 2 is 1.85 bits per heavy atom. The zero-order valence-corrected chi connectivity index (χ0v) is 16.8. The lowest BCUT2D eigenvalue weighted by molar-refractivity contribution is -0.127. The van der Waals surface area contributed by atoms with Gasteiger partial charge in [-0.25, -0.2) is 4.79 Å². The molecule has 154 valence electrons. The summed E-state index contributed by atoms with van der Waals surface area (Å²) in [6.45, 7) is 10.2. The molecule has 0 radical (unpaired) electrons. The fourth-order valence-corrected chi connectivity index (χ4v) is 3.15. The van der Waals surface area contributed by atoms with E-state index in [9.17, 15) is 14.4 Å². The summed E-state index contributed by atoms with van der Waals surface area (Å²) in [5.74, 6) is 0.456. The van der Waals surface area contributed by atoms with Gasteiger partial charge in [-0.15, -0.1) is 0 Å². The lowest BCUT2D eigenvalue weighted by Crippen LogP contribution is -2.56. The van der Waals surface area contributed by atoms with Crippen LogP contribution in [0.25, 0.3) is 0 Å². The van der Waals surface area contributed by atoms with E-state index in [2.05, 4.69) is 31.4 Å². The minimum atomic E-state index is -0.679. The number of urea groups is 1. The van der Waals surface area contributed by atoms with Gasteiger partial charge < -0.3 is 25.0 Å². The number of amides is 3. The van der Waals surface area contributed by atoms with Crippen molar-refractivity contribution in [1.29, 1.82) is 0 Å². The topological polar surface area (TPSA) is 97.0 Å². The summed E-state index contributed by atoms with van der Waals surface area (Å²) in [4.78, 5) is 38.9. The van der Waals surface area contributed by atoms with Crippen LogP contribution in [0.1, 0.15) is 40.5 Å². The van der Waals surface area contributed by atoms with Crippen molar-refractivity contribution in [3.05, 3.63) is 0 Å². The van der Waals surface area contributed by atoms with Crippen LogP contribution in [0, 0.1) is 11.8 Å². The van der Waals surface area contributed by atoms with Crippen molar-refractivity contribution in [2.75, 3.05) is 32.9 Å². The standard InChI is InChI=1S/C19H33N3O5/c1-12(2)13(3)5-6-15(20-19(25)22-7-9-26-10-8-22)18(24)21-17-14(4)27-11-16(17)23/h12-15,17H,5-11H2,1-4H3,(H,20,25)(H,21,24)/t13?,14-,15-,17-/m0/s1. The van der Waals surface area contributed by atoms with Gasteiger partial charge >= 0.3 is 6.03 Å². The summed E-state index contributed by atoms with van der Waals surface area (Å²) in [6, 6.07) is -1.59. The summed E-state index contributed by atoms with van der Waals surface area (Å²) in [5.41, 5.74) is 0. The average Bonchev–Trinajstić information content (AvgIpc) is 2.97. The van der Waals surface area contributed by atoms with Crippen LogP contribution in [0.2, 0.25) is 0 Å². The first kappa shape index (κ1) is 21.6. The molecule has 0 saturated carbocycles. The van der Waals surface area contributed by atoms with Crippen molar-refractivity contribution in [1.82, 2.24) is 15.5 Å². The zero-order chi connectivity index (χ0) is 20.0. The monoisotopic (exact) mass is 383 g/mol. The molecule has 0 bridgehead atoms. The molecule has 8 nitrogen and oxygen atoms in total. The molecule has 0 spiro atoms. The van der Waals surface area contributed by atoms with E-state index in [-0.39, 0.29) is 30.4 Å². The van der Waals surface area contributed by atoms with Gasteiger partial charge in [0.25, 0.3) is 0 Å². The number of morpholine rings is 1. The summed E-state index contributed by atoms with van der Waals surface area (Å²) >= 11 is 0. The number of carbonyl (C=O) groups is 3. The van der Waals surface area contributed by atoms with Crippen molar-refractivity contribution >= 4 is 17.7 Å². The smallest absolute Gasteiger partial charge is 0.318 e. The van der Waals surface area contributed by atoms with E-state index >= 15 is 0 Å². The molecule has 0 aromatic carbocycles. The average molecular weight is 383 g/mol. The van der Waals surface area contributed by atoms with Crippen LogP contribution in [0.5, 0.6) is 0 Å². The molecule has 2 saturated heterocycles. The maximum atomic E-state index is 12.8. The van der Waals surface area contributed by atoms with Crippen molar-refractivity contribution in [2.24, 2.45) is 11.8 Å². The molecule has 0 aromatic rings. The Hall–Kier alpha value is -1.67. The van der Waals surface area contributed by atoms with Gasteiger partial charge in [-0.2, -0.15) is 0 Å². The summed E-state index contributed by atoms with van der Waals surface area (Å²) in [7, 11) is 0. The van der Waals surface area contributed by atoms with Crippen molar-refractivity contribution in [3.63, 3.8) is 0 Å². The Balaban J connectivity index is 1.99. The molecule has 2 fully saturated rings. The number of ether oxygens (including phenoxy) is 2. The number of hydrogen-bond acceptors (Lipinski definition) is 5.